The zero-order valence-electron chi connectivity index (χ0n) is 10.8. The Bertz CT molecular complexity index is 696. The van der Waals surface area contributed by atoms with Crippen molar-refractivity contribution < 1.29 is 17.9 Å². The molecule has 2 aromatic rings. The van der Waals surface area contributed by atoms with Gasteiger partial charge in [-0.05, 0) is 23.8 Å². The molecule has 1 N–H and O–H groups in total. The quantitative estimate of drug-likeness (QED) is 0.889. The molecule has 1 aromatic heterocycles. The largest absolute Gasteiger partial charge is 0.446 e. The number of aliphatic hydroxyl groups is 1. The fourth-order valence-corrected chi connectivity index (χ4v) is 3.17. The van der Waals surface area contributed by atoms with Gasteiger partial charge in [0.15, 0.2) is 0 Å². The third kappa shape index (κ3) is 3.12. The van der Waals surface area contributed by atoms with Crippen molar-refractivity contribution in [3.8, 4) is 0 Å². The number of hydrogen-bond donors (Lipinski definition) is 1. The lowest BCUT2D eigenvalue weighted by molar-refractivity contribution is 0.235. The van der Waals surface area contributed by atoms with Gasteiger partial charge in [0.05, 0.1) is 0 Å². The summed E-state index contributed by atoms with van der Waals surface area (Å²) in [5, 5.41) is 8.75. The second kappa shape index (κ2) is 6.09. The van der Waals surface area contributed by atoms with Crippen LogP contribution in [0.4, 0.5) is 0 Å². The van der Waals surface area contributed by atoms with Gasteiger partial charge in [0.25, 0.3) is 10.0 Å². The smallest absolute Gasteiger partial charge is 0.276 e. The van der Waals surface area contributed by atoms with E-state index in [4.69, 9.17) is 9.52 Å². The van der Waals surface area contributed by atoms with E-state index in [-0.39, 0.29) is 24.0 Å². The van der Waals surface area contributed by atoms with Crippen molar-refractivity contribution in [2.75, 3.05) is 7.05 Å². The Morgan fingerprint density at radius 3 is 2.55 bits per heavy atom. The van der Waals surface area contributed by atoms with Crippen LogP contribution in [-0.4, -0.2) is 24.9 Å². The molecule has 0 aliphatic rings. The van der Waals surface area contributed by atoms with Crippen LogP contribution in [-0.2, 0) is 23.2 Å². The number of hydrogen-bond acceptors (Lipinski definition) is 4. The molecule has 0 spiro atoms. The van der Waals surface area contributed by atoms with Crippen molar-refractivity contribution in [2.45, 2.75) is 18.2 Å². The SMILES string of the molecule is CN(Cc1ccccc1Br)S(=O)(=O)c1ccc(CO)o1. The molecule has 0 fully saturated rings. The predicted octanol–water partition coefficient (Wildman–Crippen LogP) is 2.36. The Morgan fingerprint density at radius 2 is 1.95 bits per heavy atom. The fraction of sp³-hybridized carbons (Fsp3) is 0.231. The fourth-order valence-electron chi connectivity index (χ4n) is 1.69. The molecule has 1 heterocycles. The molecule has 0 atom stereocenters. The van der Waals surface area contributed by atoms with Crippen LogP contribution in [0.5, 0.6) is 0 Å². The Labute approximate surface area is 126 Å². The summed E-state index contributed by atoms with van der Waals surface area (Å²) in [7, 11) is -2.23. The van der Waals surface area contributed by atoms with Gasteiger partial charge in [0.1, 0.15) is 12.4 Å². The van der Waals surface area contributed by atoms with Crippen LogP contribution in [0.2, 0.25) is 0 Å². The van der Waals surface area contributed by atoms with Gasteiger partial charge in [0, 0.05) is 18.1 Å². The predicted molar refractivity (Wildman–Crippen MR) is 77.4 cm³/mol. The Hall–Kier alpha value is -1.15. The summed E-state index contributed by atoms with van der Waals surface area (Å²) in [6, 6.07) is 10.2. The molecule has 1 aromatic carbocycles. The minimum absolute atomic E-state index is 0.170. The maximum atomic E-state index is 12.3. The maximum absolute atomic E-state index is 12.3. The molecule has 0 bridgehead atoms. The van der Waals surface area contributed by atoms with Gasteiger partial charge in [-0.3, -0.25) is 0 Å². The number of nitrogens with zero attached hydrogens (tertiary/aromatic N) is 1. The number of sulfonamides is 1. The summed E-state index contributed by atoms with van der Waals surface area (Å²) in [4.78, 5) is 0. The van der Waals surface area contributed by atoms with Crippen molar-refractivity contribution in [1.82, 2.24) is 4.31 Å². The molecule has 0 aliphatic carbocycles. The van der Waals surface area contributed by atoms with Crippen LogP contribution in [0.25, 0.3) is 0 Å². The van der Waals surface area contributed by atoms with Crippen LogP contribution < -0.4 is 0 Å². The lowest BCUT2D eigenvalue weighted by atomic mass is 10.2. The molecule has 0 radical (unpaired) electrons. The molecule has 2 rings (SSSR count). The molecule has 0 aliphatic heterocycles. The van der Waals surface area contributed by atoms with E-state index in [0.29, 0.717) is 0 Å². The van der Waals surface area contributed by atoms with Crippen LogP contribution in [0.3, 0.4) is 0 Å². The van der Waals surface area contributed by atoms with E-state index in [9.17, 15) is 8.42 Å². The van der Waals surface area contributed by atoms with Gasteiger partial charge >= 0.3 is 0 Å². The molecular formula is C13H14BrNO4S. The van der Waals surface area contributed by atoms with E-state index < -0.39 is 10.0 Å². The highest BCUT2D eigenvalue weighted by Gasteiger charge is 2.25. The van der Waals surface area contributed by atoms with Gasteiger partial charge in [-0.25, -0.2) is 8.42 Å². The number of furan rings is 1. The van der Waals surface area contributed by atoms with Crippen LogP contribution in [0, 0.1) is 0 Å². The minimum atomic E-state index is -3.71. The summed E-state index contributed by atoms with van der Waals surface area (Å²) < 4.78 is 31.8. The van der Waals surface area contributed by atoms with E-state index in [0.717, 1.165) is 10.0 Å². The molecule has 0 saturated carbocycles. The summed E-state index contributed by atoms with van der Waals surface area (Å²) >= 11 is 3.39. The van der Waals surface area contributed by atoms with E-state index in [1.165, 1.54) is 23.5 Å². The number of halogens is 1. The van der Waals surface area contributed by atoms with Gasteiger partial charge in [-0.2, -0.15) is 4.31 Å². The number of rotatable bonds is 5. The summed E-state index contributed by atoms with van der Waals surface area (Å²) in [6.45, 7) is -0.109. The first-order chi connectivity index (χ1) is 9.45. The average Bonchev–Trinajstić information content (AvgIpc) is 2.90. The first-order valence-electron chi connectivity index (χ1n) is 5.84. The second-order valence-electron chi connectivity index (χ2n) is 4.23. The molecule has 108 valence electrons. The third-order valence-corrected chi connectivity index (χ3v) is 5.26. The van der Waals surface area contributed by atoms with E-state index in [2.05, 4.69) is 15.9 Å². The van der Waals surface area contributed by atoms with Crippen molar-refractivity contribution in [1.29, 1.82) is 0 Å². The van der Waals surface area contributed by atoms with Gasteiger partial charge in [0.2, 0.25) is 5.09 Å². The zero-order chi connectivity index (χ0) is 14.8. The van der Waals surface area contributed by atoms with Gasteiger partial charge < -0.3 is 9.52 Å². The highest BCUT2D eigenvalue weighted by molar-refractivity contribution is 9.10. The first kappa shape index (κ1) is 15.2. The summed E-state index contributed by atoms with van der Waals surface area (Å²) in [6.07, 6.45) is 0. The zero-order valence-corrected chi connectivity index (χ0v) is 13.2. The van der Waals surface area contributed by atoms with Crippen LogP contribution in [0.1, 0.15) is 11.3 Å². The molecular weight excluding hydrogens is 346 g/mol. The van der Waals surface area contributed by atoms with E-state index in [1.54, 1.807) is 0 Å². The standard InChI is InChI=1S/C13H14BrNO4S/c1-15(8-10-4-2-3-5-12(10)14)20(17,18)13-7-6-11(9-16)19-13/h2-7,16H,8-9H2,1H3. The van der Waals surface area contributed by atoms with Crippen molar-refractivity contribution in [3.05, 3.63) is 52.2 Å². The molecule has 5 nitrogen and oxygen atoms in total. The third-order valence-electron chi connectivity index (χ3n) is 2.81. The average molecular weight is 360 g/mol. The van der Waals surface area contributed by atoms with Crippen LogP contribution >= 0.6 is 15.9 Å². The van der Waals surface area contributed by atoms with E-state index in [1.807, 2.05) is 24.3 Å². The molecule has 20 heavy (non-hydrogen) atoms. The first-order valence-corrected chi connectivity index (χ1v) is 8.08. The van der Waals surface area contributed by atoms with Gasteiger partial charge in [-0.1, -0.05) is 34.1 Å². The Balaban J connectivity index is 2.23. The maximum Gasteiger partial charge on any atom is 0.276 e. The van der Waals surface area contributed by atoms with Crippen LogP contribution in [0.15, 0.2) is 50.4 Å². The molecule has 0 unspecified atom stereocenters. The lowest BCUT2D eigenvalue weighted by Gasteiger charge is -2.16. The lowest BCUT2D eigenvalue weighted by Crippen LogP contribution is -2.26. The summed E-state index contributed by atoms with van der Waals surface area (Å²) in [5.74, 6) is 0.220. The summed E-state index contributed by atoms with van der Waals surface area (Å²) in [5.41, 5.74) is 0.854. The molecule has 0 saturated heterocycles. The Kier molecular flexibility index (Phi) is 4.64. The van der Waals surface area contributed by atoms with Crippen molar-refractivity contribution in [2.24, 2.45) is 0 Å². The Morgan fingerprint density at radius 1 is 1.25 bits per heavy atom. The van der Waals surface area contributed by atoms with Crippen molar-refractivity contribution in [3.63, 3.8) is 0 Å². The number of aliphatic hydroxyl groups excluding tert-OH is 1. The van der Waals surface area contributed by atoms with E-state index >= 15 is 0 Å². The second-order valence-corrected chi connectivity index (χ2v) is 7.06. The van der Waals surface area contributed by atoms with Crippen molar-refractivity contribution >= 4 is 26.0 Å². The highest BCUT2D eigenvalue weighted by atomic mass is 79.9. The topological polar surface area (TPSA) is 70.8 Å². The molecule has 7 heteroatoms. The number of benzene rings is 1. The van der Waals surface area contributed by atoms with Gasteiger partial charge in [-0.15, -0.1) is 0 Å². The monoisotopic (exact) mass is 359 g/mol. The highest BCUT2D eigenvalue weighted by Crippen LogP contribution is 2.22. The molecule has 0 amide bonds. The normalized spacial score (nSPS) is 12.0. The minimum Gasteiger partial charge on any atom is -0.446 e.